The molecule has 0 radical (unpaired) electrons. The lowest BCUT2D eigenvalue weighted by Gasteiger charge is -2.28. The van der Waals surface area contributed by atoms with E-state index in [-0.39, 0.29) is 0 Å². The topological polar surface area (TPSA) is 60.6 Å². The van der Waals surface area contributed by atoms with Crippen LogP contribution in [0.1, 0.15) is 30.9 Å². The van der Waals surface area contributed by atoms with Gasteiger partial charge in [-0.05, 0) is 67.8 Å². The second-order valence-electron chi connectivity index (χ2n) is 6.91. The van der Waals surface area contributed by atoms with E-state index in [9.17, 15) is 0 Å². The molecule has 6 nitrogen and oxygen atoms in total. The quantitative estimate of drug-likeness (QED) is 0.557. The van der Waals surface area contributed by atoms with Crippen molar-refractivity contribution >= 4 is 11.6 Å². The minimum Gasteiger partial charge on any atom is -0.490 e. The van der Waals surface area contributed by atoms with Gasteiger partial charge in [-0.3, -0.25) is 4.90 Å². The summed E-state index contributed by atoms with van der Waals surface area (Å²) in [6.45, 7) is 7.54. The highest BCUT2D eigenvalue weighted by Crippen LogP contribution is 2.34. The van der Waals surface area contributed by atoms with Crippen LogP contribution in [0.2, 0.25) is 5.02 Å². The highest BCUT2D eigenvalue weighted by atomic mass is 35.5. The van der Waals surface area contributed by atoms with Crippen LogP contribution in [-0.4, -0.2) is 34.8 Å². The minimum atomic E-state index is 0.578. The highest BCUT2D eigenvalue weighted by Gasteiger charge is 2.21. The number of benzene rings is 2. The number of nitrogens with zero attached hydrogens (tertiary/aromatic N) is 3. The van der Waals surface area contributed by atoms with Crippen molar-refractivity contribution in [2.24, 2.45) is 0 Å². The van der Waals surface area contributed by atoms with Crippen LogP contribution in [0.15, 0.2) is 40.9 Å². The first-order valence-electron chi connectivity index (χ1n) is 9.88. The highest BCUT2D eigenvalue weighted by molar-refractivity contribution is 6.30. The molecule has 0 spiro atoms. The predicted molar refractivity (Wildman–Crippen MR) is 111 cm³/mol. The summed E-state index contributed by atoms with van der Waals surface area (Å²) >= 11 is 5.94. The number of halogens is 1. The van der Waals surface area contributed by atoms with Crippen molar-refractivity contribution in [2.45, 2.75) is 33.4 Å². The molecule has 0 atom stereocenters. The summed E-state index contributed by atoms with van der Waals surface area (Å²) in [5.74, 6) is 2.81. The lowest BCUT2D eigenvalue weighted by Crippen LogP contribution is -2.30. The van der Waals surface area contributed by atoms with Crippen LogP contribution in [0.4, 0.5) is 0 Å². The van der Waals surface area contributed by atoms with Crippen LogP contribution < -0.4 is 9.47 Å². The third-order valence-electron chi connectivity index (χ3n) is 4.89. The summed E-state index contributed by atoms with van der Waals surface area (Å²) < 4.78 is 17.0. The predicted octanol–water partition coefficient (Wildman–Crippen LogP) is 4.75. The Kier molecular flexibility index (Phi) is 6.02. The summed E-state index contributed by atoms with van der Waals surface area (Å²) in [5.41, 5.74) is 3.44. The maximum Gasteiger partial charge on any atom is 0.241 e. The zero-order chi connectivity index (χ0) is 20.2. The van der Waals surface area contributed by atoms with E-state index in [1.165, 1.54) is 11.1 Å². The van der Waals surface area contributed by atoms with Crippen molar-refractivity contribution in [3.05, 3.63) is 58.4 Å². The molecule has 2 heterocycles. The normalized spacial score (nSPS) is 13.9. The van der Waals surface area contributed by atoms with Gasteiger partial charge in [0.1, 0.15) is 0 Å². The van der Waals surface area contributed by atoms with E-state index in [1.807, 2.05) is 38.1 Å². The monoisotopic (exact) mass is 413 g/mol. The third-order valence-corrected chi connectivity index (χ3v) is 5.14. The van der Waals surface area contributed by atoms with E-state index in [4.69, 9.17) is 25.6 Å². The van der Waals surface area contributed by atoms with Crippen molar-refractivity contribution in [3.63, 3.8) is 0 Å². The molecule has 0 aliphatic carbocycles. The number of hydrogen-bond acceptors (Lipinski definition) is 6. The van der Waals surface area contributed by atoms with Gasteiger partial charge in [-0.15, -0.1) is 0 Å². The van der Waals surface area contributed by atoms with Crippen LogP contribution in [0, 0.1) is 0 Å². The SMILES string of the molecule is CCOc1cc2c(cc1OCC)CN(Cc1nc(-c3ccc(Cl)cc3)no1)CC2. The molecule has 0 amide bonds. The van der Waals surface area contributed by atoms with Crippen LogP contribution >= 0.6 is 11.6 Å². The summed E-state index contributed by atoms with van der Waals surface area (Å²) in [6.07, 6.45) is 0.944. The largest absolute Gasteiger partial charge is 0.490 e. The Labute approximate surface area is 175 Å². The van der Waals surface area contributed by atoms with Gasteiger partial charge in [-0.1, -0.05) is 16.8 Å². The maximum atomic E-state index is 5.94. The Morgan fingerprint density at radius 1 is 1.03 bits per heavy atom. The molecule has 0 N–H and O–H groups in total. The smallest absolute Gasteiger partial charge is 0.241 e. The number of fused-ring (bicyclic) bond motifs is 1. The second-order valence-corrected chi connectivity index (χ2v) is 7.35. The first-order valence-corrected chi connectivity index (χ1v) is 10.3. The molecular weight excluding hydrogens is 390 g/mol. The van der Waals surface area contributed by atoms with E-state index in [1.54, 1.807) is 0 Å². The lowest BCUT2D eigenvalue weighted by atomic mass is 9.99. The first kappa shape index (κ1) is 19.7. The Bertz CT molecular complexity index is 972. The Balaban J connectivity index is 1.47. The van der Waals surface area contributed by atoms with Crippen molar-refractivity contribution < 1.29 is 14.0 Å². The average Bonchev–Trinajstić information content (AvgIpc) is 3.18. The van der Waals surface area contributed by atoms with Gasteiger partial charge in [0, 0.05) is 23.7 Å². The van der Waals surface area contributed by atoms with Gasteiger partial charge in [0.15, 0.2) is 11.5 Å². The summed E-state index contributed by atoms with van der Waals surface area (Å²) in [7, 11) is 0. The summed E-state index contributed by atoms with van der Waals surface area (Å²) in [6, 6.07) is 11.6. The van der Waals surface area contributed by atoms with E-state index in [2.05, 4.69) is 27.2 Å². The lowest BCUT2D eigenvalue weighted by molar-refractivity contribution is 0.209. The minimum absolute atomic E-state index is 0.578. The van der Waals surface area contributed by atoms with Gasteiger partial charge < -0.3 is 14.0 Å². The molecule has 3 aromatic rings. The summed E-state index contributed by atoms with van der Waals surface area (Å²) in [5, 5.41) is 4.79. The molecule has 0 fully saturated rings. The van der Waals surface area contributed by atoms with Gasteiger partial charge in [-0.2, -0.15) is 4.98 Å². The van der Waals surface area contributed by atoms with Gasteiger partial charge in [0.25, 0.3) is 0 Å². The number of hydrogen-bond donors (Lipinski definition) is 0. The Morgan fingerprint density at radius 2 is 1.72 bits per heavy atom. The molecule has 1 aliphatic heterocycles. The standard InChI is InChI=1S/C22H24ClN3O3/c1-3-27-19-11-16-9-10-26(13-17(16)12-20(19)28-4-2)14-21-24-22(25-29-21)15-5-7-18(23)8-6-15/h5-8,11-12H,3-4,9-10,13-14H2,1-2H3. The fraction of sp³-hybridized carbons (Fsp3) is 0.364. The second kappa shape index (κ2) is 8.84. The summed E-state index contributed by atoms with van der Waals surface area (Å²) in [4.78, 5) is 6.84. The molecule has 29 heavy (non-hydrogen) atoms. The molecule has 1 aliphatic rings. The molecule has 7 heteroatoms. The van der Waals surface area contributed by atoms with Gasteiger partial charge >= 0.3 is 0 Å². The number of ether oxygens (including phenoxy) is 2. The first-order chi connectivity index (χ1) is 14.2. The van der Waals surface area contributed by atoms with Crippen LogP contribution in [-0.2, 0) is 19.5 Å². The van der Waals surface area contributed by atoms with Crippen molar-refractivity contribution in [3.8, 4) is 22.9 Å². The van der Waals surface area contributed by atoms with Gasteiger partial charge in [0.05, 0.1) is 19.8 Å². The zero-order valence-corrected chi connectivity index (χ0v) is 17.4. The van der Waals surface area contributed by atoms with Crippen molar-refractivity contribution in [2.75, 3.05) is 19.8 Å². The van der Waals surface area contributed by atoms with E-state index < -0.39 is 0 Å². The average molecular weight is 414 g/mol. The molecule has 2 aromatic carbocycles. The van der Waals surface area contributed by atoms with E-state index >= 15 is 0 Å². The Hall–Kier alpha value is -2.57. The molecule has 0 unspecified atom stereocenters. The van der Waals surface area contributed by atoms with Crippen LogP contribution in [0.25, 0.3) is 11.4 Å². The van der Waals surface area contributed by atoms with Crippen LogP contribution in [0.3, 0.4) is 0 Å². The molecule has 0 saturated heterocycles. The van der Waals surface area contributed by atoms with Crippen molar-refractivity contribution in [1.82, 2.24) is 15.0 Å². The number of aromatic nitrogens is 2. The Morgan fingerprint density at radius 3 is 2.41 bits per heavy atom. The molecule has 0 saturated carbocycles. The van der Waals surface area contributed by atoms with Crippen molar-refractivity contribution in [1.29, 1.82) is 0 Å². The third kappa shape index (κ3) is 4.54. The fourth-order valence-corrected chi connectivity index (χ4v) is 3.65. The fourth-order valence-electron chi connectivity index (χ4n) is 3.52. The van der Waals surface area contributed by atoms with E-state index in [0.29, 0.717) is 36.5 Å². The number of rotatable bonds is 7. The molecule has 0 bridgehead atoms. The maximum absolute atomic E-state index is 5.94. The molecular formula is C22H24ClN3O3. The van der Waals surface area contributed by atoms with Crippen LogP contribution in [0.5, 0.6) is 11.5 Å². The van der Waals surface area contributed by atoms with Gasteiger partial charge in [0.2, 0.25) is 11.7 Å². The molecule has 4 rings (SSSR count). The molecule has 1 aromatic heterocycles. The molecule has 152 valence electrons. The van der Waals surface area contributed by atoms with E-state index in [0.717, 1.165) is 36.6 Å². The zero-order valence-electron chi connectivity index (χ0n) is 16.7. The van der Waals surface area contributed by atoms with Gasteiger partial charge in [-0.25, -0.2) is 0 Å².